The minimum atomic E-state index is -1.50. The maximum atomic E-state index is 3.62. The van der Waals surface area contributed by atoms with Gasteiger partial charge >= 0.3 is 0 Å². The third kappa shape index (κ3) is 7.45. The molecule has 0 aliphatic carbocycles. The van der Waals surface area contributed by atoms with E-state index in [9.17, 15) is 0 Å². The predicted octanol–water partition coefficient (Wildman–Crippen LogP) is 5.23. The summed E-state index contributed by atoms with van der Waals surface area (Å²) in [4.78, 5) is 0. The van der Waals surface area contributed by atoms with Crippen molar-refractivity contribution in [1.82, 2.24) is 0 Å². The highest BCUT2D eigenvalue weighted by atomic mass is 28.3. The zero-order chi connectivity index (χ0) is 20.6. The van der Waals surface area contributed by atoms with Crippen LogP contribution in [0.1, 0.15) is 11.1 Å². The van der Waals surface area contributed by atoms with E-state index in [4.69, 9.17) is 0 Å². The first-order valence-corrected chi connectivity index (χ1v) is 23.7. The Balaban J connectivity index is 3.86. The van der Waals surface area contributed by atoms with Crippen LogP contribution < -0.4 is 10.4 Å². The third-order valence-corrected chi connectivity index (χ3v) is 9.90. The molecule has 0 bridgehead atoms. The Hall–Kier alpha value is -0.792. The first kappa shape index (κ1) is 23.2. The van der Waals surface area contributed by atoms with Crippen LogP contribution >= 0.6 is 0 Å². The van der Waals surface area contributed by atoms with E-state index in [1.54, 1.807) is 10.4 Å². The van der Waals surface area contributed by atoms with Gasteiger partial charge in [0.25, 0.3) is 0 Å². The van der Waals surface area contributed by atoms with Gasteiger partial charge in [-0.15, -0.1) is 11.1 Å². The van der Waals surface area contributed by atoms with Crippen LogP contribution in [0.25, 0.3) is 0 Å². The van der Waals surface area contributed by atoms with Gasteiger partial charge in [0.05, 0.1) is 16.1 Å². The van der Waals surface area contributed by atoms with Gasteiger partial charge in [0, 0.05) is 11.1 Å². The molecule has 0 amide bonds. The third-order valence-electron chi connectivity index (χ3n) is 3.85. The topological polar surface area (TPSA) is 0 Å². The Kier molecular flexibility index (Phi) is 6.87. The molecule has 0 aromatic heterocycles. The van der Waals surface area contributed by atoms with Gasteiger partial charge in [0.15, 0.2) is 0 Å². The van der Waals surface area contributed by atoms with Gasteiger partial charge in [-0.2, -0.15) is 0 Å². The van der Waals surface area contributed by atoms with Crippen LogP contribution in [0.3, 0.4) is 0 Å². The first-order chi connectivity index (χ1) is 11.4. The van der Waals surface area contributed by atoms with E-state index < -0.39 is 32.3 Å². The Morgan fingerprint density at radius 3 is 1.42 bits per heavy atom. The molecule has 0 N–H and O–H groups in total. The standard InChI is InChI=1S/C22H38Si4/c1-23(2,3)15-13-19-17-20(14-16-24(4,5)6)22(26(10,11)12)21(18-19)25(7,8)9/h17-18H,1-12H3. The quantitative estimate of drug-likeness (QED) is 0.459. The zero-order valence-corrected chi connectivity index (χ0v) is 23.2. The highest BCUT2D eigenvalue weighted by Crippen LogP contribution is 2.13. The van der Waals surface area contributed by atoms with E-state index in [0.29, 0.717) is 0 Å². The molecule has 0 saturated heterocycles. The lowest BCUT2D eigenvalue weighted by atomic mass is 10.1. The van der Waals surface area contributed by atoms with Crippen molar-refractivity contribution in [3.05, 3.63) is 23.3 Å². The second-order valence-corrected chi connectivity index (χ2v) is 31.0. The van der Waals surface area contributed by atoms with Gasteiger partial charge in [0.2, 0.25) is 0 Å². The lowest BCUT2D eigenvalue weighted by Gasteiger charge is -2.30. The van der Waals surface area contributed by atoms with Crippen molar-refractivity contribution in [3.63, 3.8) is 0 Å². The number of rotatable bonds is 2. The monoisotopic (exact) mass is 414 g/mol. The molecule has 1 aromatic rings. The number of hydrogen-bond acceptors (Lipinski definition) is 0. The van der Waals surface area contributed by atoms with Crippen molar-refractivity contribution in [3.8, 4) is 22.9 Å². The Labute approximate surface area is 167 Å². The van der Waals surface area contributed by atoms with Gasteiger partial charge in [-0.1, -0.05) is 95.6 Å². The minimum Gasteiger partial charge on any atom is -0.127 e. The average Bonchev–Trinajstić information content (AvgIpc) is 2.38. The summed E-state index contributed by atoms with van der Waals surface area (Å²) >= 11 is 0. The van der Waals surface area contributed by atoms with Crippen molar-refractivity contribution in [2.24, 2.45) is 0 Å². The maximum absolute atomic E-state index is 3.62. The van der Waals surface area contributed by atoms with Crippen molar-refractivity contribution < 1.29 is 0 Å². The highest BCUT2D eigenvalue weighted by Gasteiger charge is 2.30. The smallest absolute Gasteiger partial charge is 0.127 e. The second-order valence-electron chi connectivity index (χ2n) is 11.4. The molecular formula is C22H38Si4. The van der Waals surface area contributed by atoms with Crippen molar-refractivity contribution in [2.75, 3.05) is 0 Å². The highest BCUT2D eigenvalue weighted by molar-refractivity contribution is 6.98. The molecule has 1 rings (SSSR count). The fraction of sp³-hybridized carbons (Fsp3) is 0.545. The SMILES string of the molecule is C[Si](C)(C)C#Cc1cc(C#C[Si](C)(C)C)c([Si](C)(C)C)c([Si](C)(C)C)c1. The predicted molar refractivity (Wildman–Crippen MR) is 133 cm³/mol. The van der Waals surface area contributed by atoms with E-state index in [1.807, 2.05) is 0 Å². The van der Waals surface area contributed by atoms with Crippen LogP contribution in [0.4, 0.5) is 0 Å². The summed E-state index contributed by atoms with van der Waals surface area (Å²) in [7, 11) is -5.79. The van der Waals surface area contributed by atoms with Crippen LogP contribution in [-0.2, 0) is 0 Å². The van der Waals surface area contributed by atoms with Crippen LogP contribution in [0.15, 0.2) is 12.1 Å². The average molecular weight is 415 g/mol. The molecule has 0 aliphatic heterocycles. The molecule has 0 unspecified atom stereocenters. The number of hydrogen-bond donors (Lipinski definition) is 0. The van der Waals surface area contributed by atoms with Crippen LogP contribution in [0.5, 0.6) is 0 Å². The fourth-order valence-corrected chi connectivity index (χ4v) is 9.30. The van der Waals surface area contributed by atoms with Crippen molar-refractivity contribution in [2.45, 2.75) is 78.6 Å². The van der Waals surface area contributed by atoms with Crippen molar-refractivity contribution in [1.29, 1.82) is 0 Å². The zero-order valence-electron chi connectivity index (χ0n) is 19.2. The first-order valence-electron chi connectivity index (χ1n) is 9.65. The molecular weight excluding hydrogens is 377 g/mol. The van der Waals surface area contributed by atoms with E-state index >= 15 is 0 Å². The van der Waals surface area contributed by atoms with Gasteiger partial charge in [-0.05, 0) is 17.3 Å². The lowest BCUT2D eigenvalue weighted by molar-refractivity contribution is 1.60. The van der Waals surface area contributed by atoms with E-state index in [1.165, 1.54) is 11.1 Å². The Bertz CT molecular complexity index is 784. The summed E-state index contributed by atoms with van der Waals surface area (Å²) in [6.07, 6.45) is 0. The van der Waals surface area contributed by atoms with Crippen molar-refractivity contribution >= 4 is 42.7 Å². The second kappa shape index (κ2) is 7.68. The minimum absolute atomic E-state index is 1.17. The summed E-state index contributed by atoms with van der Waals surface area (Å²) in [6.45, 7) is 28.6. The molecule has 1 aromatic carbocycles. The molecule has 0 heterocycles. The summed E-state index contributed by atoms with van der Waals surface area (Å²) in [5.74, 6) is 7.13. The van der Waals surface area contributed by atoms with E-state index in [2.05, 4.69) is 114 Å². The molecule has 0 nitrogen and oxygen atoms in total. The fourth-order valence-electron chi connectivity index (χ4n) is 2.73. The largest absolute Gasteiger partial charge is 0.129 e. The number of benzene rings is 1. The molecule has 4 heteroatoms. The van der Waals surface area contributed by atoms with Crippen LogP contribution in [0.2, 0.25) is 78.6 Å². The van der Waals surface area contributed by atoms with Gasteiger partial charge < -0.3 is 0 Å². The molecule has 0 fully saturated rings. The molecule has 0 radical (unpaired) electrons. The normalized spacial score (nSPS) is 12.8. The van der Waals surface area contributed by atoms with Gasteiger partial charge in [0.1, 0.15) is 16.1 Å². The lowest BCUT2D eigenvalue weighted by Crippen LogP contribution is -2.57. The maximum Gasteiger partial charge on any atom is 0.129 e. The molecule has 26 heavy (non-hydrogen) atoms. The molecule has 0 atom stereocenters. The van der Waals surface area contributed by atoms with Crippen LogP contribution in [0, 0.1) is 22.9 Å². The van der Waals surface area contributed by atoms with Gasteiger partial charge in [-0.3, -0.25) is 0 Å². The summed E-state index contributed by atoms with van der Waals surface area (Å²) in [5, 5.41) is 3.17. The van der Waals surface area contributed by atoms with Gasteiger partial charge in [-0.25, -0.2) is 0 Å². The summed E-state index contributed by atoms with van der Waals surface area (Å²) in [6, 6.07) is 4.70. The van der Waals surface area contributed by atoms with E-state index in [0.717, 1.165) is 0 Å². The summed E-state index contributed by atoms with van der Waals surface area (Å²) < 4.78 is 0. The molecule has 0 spiro atoms. The summed E-state index contributed by atoms with van der Waals surface area (Å²) in [5.41, 5.74) is 9.61. The van der Waals surface area contributed by atoms with Crippen LogP contribution in [-0.4, -0.2) is 32.3 Å². The molecule has 0 saturated carbocycles. The molecule has 0 aliphatic rings. The van der Waals surface area contributed by atoms with E-state index in [-0.39, 0.29) is 0 Å². The Morgan fingerprint density at radius 2 is 1.04 bits per heavy atom. The Morgan fingerprint density at radius 1 is 0.577 bits per heavy atom. The molecule has 142 valence electrons.